The SMILES string of the molecule is Cn1cnc(-c2ccc3c(c2)OCCO3)c1C(=O)O. The van der Waals surface area contributed by atoms with Crippen molar-refractivity contribution in [2.45, 2.75) is 0 Å². The summed E-state index contributed by atoms with van der Waals surface area (Å²) in [7, 11) is 1.65. The standard InChI is InChI=1S/C13H12N2O4/c1-15-7-14-11(12(15)13(16)17)8-2-3-9-10(6-8)19-5-4-18-9/h2-3,6-7H,4-5H2,1H3,(H,16,17). The number of hydrogen-bond donors (Lipinski definition) is 1. The van der Waals surface area contributed by atoms with Crippen LogP contribution in [0.3, 0.4) is 0 Å². The third kappa shape index (κ3) is 1.91. The molecule has 2 heterocycles. The number of imidazole rings is 1. The van der Waals surface area contributed by atoms with Crippen LogP contribution in [-0.4, -0.2) is 33.8 Å². The molecule has 0 unspecified atom stereocenters. The van der Waals surface area contributed by atoms with Gasteiger partial charge in [-0.05, 0) is 18.2 Å². The third-order valence-electron chi connectivity index (χ3n) is 2.96. The van der Waals surface area contributed by atoms with Crippen LogP contribution in [0.1, 0.15) is 10.5 Å². The Morgan fingerprint density at radius 3 is 2.79 bits per heavy atom. The number of nitrogens with zero attached hydrogens (tertiary/aromatic N) is 2. The molecule has 1 aromatic heterocycles. The van der Waals surface area contributed by atoms with Crippen LogP contribution >= 0.6 is 0 Å². The number of carbonyl (C=O) groups is 1. The van der Waals surface area contributed by atoms with Gasteiger partial charge >= 0.3 is 5.97 Å². The molecule has 0 fully saturated rings. The first kappa shape index (κ1) is 11.6. The normalized spacial score (nSPS) is 13.3. The number of hydrogen-bond acceptors (Lipinski definition) is 4. The average molecular weight is 260 g/mol. The number of aryl methyl sites for hydroxylation is 1. The molecule has 0 radical (unpaired) electrons. The molecule has 3 rings (SSSR count). The highest BCUT2D eigenvalue weighted by molar-refractivity contribution is 5.93. The summed E-state index contributed by atoms with van der Waals surface area (Å²) in [6, 6.07) is 5.30. The smallest absolute Gasteiger partial charge is 0.354 e. The summed E-state index contributed by atoms with van der Waals surface area (Å²) in [6.45, 7) is 1.01. The predicted molar refractivity (Wildman–Crippen MR) is 66.6 cm³/mol. The van der Waals surface area contributed by atoms with Gasteiger partial charge in [0, 0.05) is 12.6 Å². The second kappa shape index (κ2) is 4.31. The van der Waals surface area contributed by atoms with Crippen molar-refractivity contribution in [2.24, 2.45) is 7.05 Å². The number of aromatic nitrogens is 2. The van der Waals surface area contributed by atoms with Gasteiger partial charge in [-0.2, -0.15) is 0 Å². The fourth-order valence-corrected chi connectivity index (χ4v) is 2.08. The fourth-order valence-electron chi connectivity index (χ4n) is 2.08. The maximum absolute atomic E-state index is 11.2. The van der Waals surface area contributed by atoms with Gasteiger partial charge in [0.1, 0.15) is 18.9 Å². The molecule has 2 aromatic rings. The summed E-state index contributed by atoms with van der Waals surface area (Å²) in [4.78, 5) is 15.4. The summed E-state index contributed by atoms with van der Waals surface area (Å²) >= 11 is 0. The summed E-state index contributed by atoms with van der Waals surface area (Å²) in [5.74, 6) is 0.276. The van der Waals surface area contributed by atoms with Crippen molar-refractivity contribution >= 4 is 5.97 Å². The molecule has 0 saturated carbocycles. The number of fused-ring (bicyclic) bond motifs is 1. The van der Waals surface area contributed by atoms with Crippen molar-refractivity contribution < 1.29 is 19.4 Å². The highest BCUT2D eigenvalue weighted by atomic mass is 16.6. The van der Waals surface area contributed by atoms with Gasteiger partial charge in [-0.1, -0.05) is 0 Å². The minimum Gasteiger partial charge on any atom is -0.486 e. The van der Waals surface area contributed by atoms with E-state index in [0.717, 1.165) is 0 Å². The van der Waals surface area contributed by atoms with Crippen LogP contribution in [0, 0.1) is 0 Å². The third-order valence-corrected chi connectivity index (χ3v) is 2.96. The van der Waals surface area contributed by atoms with E-state index in [1.54, 1.807) is 25.2 Å². The number of aromatic carboxylic acids is 1. The van der Waals surface area contributed by atoms with Gasteiger partial charge in [0.15, 0.2) is 17.2 Å². The lowest BCUT2D eigenvalue weighted by Crippen LogP contribution is -2.15. The molecule has 0 aliphatic carbocycles. The van der Waals surface area contributed by atoms with Gasteiger partial charge in [0.2, 0.25) is 0 Å². The molecule has 1 aromatic carbocycles. The van der Waals surface area contributed by atoms with E-state index in [2.05, 4.69) is 4.98 Å². The van der Waals surface area contributed by atoms with Crippen molar-refractivity contribution in [1.29, 1.82) is 0 Å². The van der Waals surface area contributed by atoms with E-state index in [-0.39, 0.29) is 5.69 Å². The number of carboxylic acid groups (broad SMARTS) is 1. The van der Waals surface area contributed by atoms with E-state index in [1.165, 1.54) is 10.9 Å². The summed E-state index contributed by atoms with van der Waals surface area (Å²) in [5.41, 5.74) is 1.27. The number of ether oxygens (including phenoxy) is 2. The Hall–Kier alpha value is -2.50. The highest BCUT2D eigenvalue weighted by Gasteiger charge is 2.20. The maximum atomic E-state index is 11.2. The lowest BCUT2D eigenvalue weighted by atomic mass is 10.1. The molecule has 1 N–H and O–H groups in total. The Balaban J connectivity index is 2.10. The average Bonchev–Trinajstić information content (AvgIpc) is 2.80. The molecular formula is C13H12N2O4. The quantitative estimate of drug-likeness (QED) is 0.887. The van der Waals surface area contributed by atoms with E-state index >= 15 is 0 Å². The zero-order chi connectivity index (χ0) is 13.4. The Morgan fingerprint density at radius 2 is 2.05 bits per heavy atom. The predicted octanol–water partition coefficient (Wildman–Crippen LogP) is 1.56. The van der Waals surface area contributed by atoms with Crippen molar-refractivity contribution in [3.8, 4) is 22.8 Å². The van der Waals surface area contributed by atoms with Gasteiger partial charge < -0.3 is 19.1 Å². The van der Waals surface area contributed by atoms with Gasteiger partial charge in [0.25, 0.3) is 0 Å². The summed E-state index contributed by atoms with van der Waals surface area (Å²) < 4.78 is 12.4. The molecule has 0 saturated heterocycles. The van der Waals surface area contributed by atoms with E-state index in [4.69, 9.17) is 9.47 Å². The molecule has 0 bridgehead atoms. The highest BCUT2D eigenvalue weighted by Crippen LogP contribution is 2.34. The van der Waals surface area contributed by atoms with Crippen LogP contribution in [-0.2, 0) is 7.05 Å². The maximum Gasteiger partial charge on any atom is 0.354 e. The number of carboxylic acids is 1. The van der Waals surface area contributed by atoms with Crippen LogP contribution in [0.5, 0.6) is 11.5 Å². The Morgan fingerprint density at radius 1 is 1.32 bits per heavy atom. The van der Waals surface area contributed by atoms with Crippen molar-refractivity contribution in [1.82, 2.24) is 9.55 Å². The molecule has 0 amide bonds. The Labute approximate surface area is 109 Å². The summed E-state index contributed by atoms with van der Waals surface area (Å²) in [5, 5.41) is 9.22. The van der Waals surface area contributed by atoms with E-state index < -0.39 is 5.97 Å². The topological polar surface area (TPSA) is 73.6 Å². The second-order valence-corrected chi connectivity index (χ2v) is 4.22. The first-order valence-electron chi connectivity index (χ1n) is 5.81. The molecule has 6 nitrogen and oxygen atoms in total. The zero-order valence-electron chi connectivity index (χ0n) is 10.3. The molecule has 19 heavy (non-hydrogen) atoms. The molecule has 1 aliphatic heterocycles. The molecule has 1 aliphatic rings. The van der Waals surface area contributed by atoms with Crippen molar-refractivity contribution in [3.05, 3.63) is 30.2 Å². The monoisotopic (exact) mass is 260 g/mol. The first-order chi connectivity index (χ1) is 9.16. The van der Waals surface area contributed by atoms with E-state index in [1.807, 2.05) is 0 Å². The van der Waals surface area contributed by atoms with E-state index in [9.17, 15) is 9.90 Å². The largest absolute Gasteiger partial charge is 0.486 e. The molecule has 0 atom stereocenters. The van der Waals surface area contributed by atoms with Gasteiger partial charge in [-0.25, -0.2) is 9.78 Å². The van der Waals surface area contributed by atoms with Gasteiger partial charge in [0.05, 0.1) is 6.33 Å². The van der Waals surface area contributed by atoms with Gasteiger partial charge in [-0.15, -0.1) is 0 Å². The Bertz CT molecular complexity index is 648. The zero-order valence-corrected chi connectivity index (χ0v) is 10.3. The van der Waals surface area contributed by atoms with E-state index in [0.29, 0.717) is 36.0 Å². The molecular weight excluding hydrogens is 248 g/mol. The van der Waals surface area contributed by atoms with Crippen LogP contribution in [0.4, 0.5) is 0 Å². The van der Waals surface area contributed by atoms with Crippen LogP contribution < -0.4 is 9.47 Å². The van der Waals surface area contributed by atoms with Crippen LogP contribution in [0.15, 0.2) is 24.5 Å². The minimum absolute atomic E-state index is 0.150. The van der Waals surface area contributed by atoms with Crippen LogP contribution in [0.2, 0.25) is 0 Å². The minimum atomic E-state index is -1.01. The van der Waals surface area contributed by atoms with Crippen molar-refractivity contribution in [2.75, 3.05) is 13.2 Å². The van der Waals surface area contributed by atoms with Crippen LogP contribution in [0.25, 0.3) is 11.3 Å². The Kier molecular flexibility index (Phi) is 2.63. The lowest BCUT2D eigenvalue weighted by Gasteiger charge is -2.18. The fraction of sp³-hybridized carbons (Fsp3) is 0.231. The van der Waals surface area contributed by atoms with Gasteiger partial charge in [-0.3, -0.25) is 0 Å². The summed E-state index contributed by atoms with van der Waals surface area (Å²) in [6.07, 6.45) is 1.48. The molecule has 0 spiro atoms. The molecule has 98 valence electrons. The molecule has 6 heteroatoms. The lowest BCUT2D eigenvalue weighted by molar-refractivity contribution is 0.0687. The van der Waals surface area contributed by atoms with Crippen molar-refractivity contribution in [3.63, 3.8) is 0 Å². The second-order valence-electron chi connectivity index (χ2n) is 4.22. The number of benzene rings is 1. The number of rotatable bonds is 2. The first-order valence-corrected chi connectivity index (χ1v) is 5.81.